The Balaban J connectivity index is 2.99. The number of aromatic nitrogens is 1. The first kappa shape index (κ1) is 13.3. The molecule has 0 aliphatic rings. The Morgan fingerprint density at radius 3 is 2.71 bits per heavy atom. The number of hydrogen-bond donors (Lipinski definition) is 1. The molecule has 0 saturated heterocycles. The molecule has 0 amide bonds. The van der Waals surface area contributed by atoms with E-state index in [1.165, 1.54) is 0 Å². The molecule has 0 aliphatic carbocycles. The fraction of sp³-hybridized carbons (Fsp3) is 0.400. The van der Waals surface area contributed by atoms with Crippen molar-refractivity contribution in [3.63, 3.8) is 0 Å². The van der Waals surface area contributed by atoms with Gasteiger partial charge in [-0.3, -0.25) is 9.78 Å². The molecule has 4 nitrogen and oxygen atoms in total. The fourth-order valence-corrected chi connectivity index (χ4v) is 1.25. The van der Waals surface area contributed by atoms with E-state index in [2.05, 4.69) is 9.72 Å². The lowest BCUT2D eigenvalue weighted by molar-refractivity contribution is -0.142. The number of alkyl halides is 3. The number of carbonyl (C=O) groups excluding carboxylic acids is 1. The molecule has 7 heteroatoms. The topological polar surface area (TPSA) is 65.2 Å². The van der Waals surface area contributed by atoms with Crippen LogP contribution in [-0.2, 0) is 22.1 Å². The van der Waals surface area contributed by atoms with E-state index in [-0.39, 0.29) is 18.7 Å². The van der Waals surface area contributed by atoms with Gasteiger partial charge in [-0.1, -0.05) is 0 Å². The number of rotatable bonds is 3. The van der Waals surface area contributed by atoms with Gasteiger partial charge < -0.3 is 10.5 Å². The summed E-state index contributed by atoms with van der Waals surface area (Å²) in [6.45, 7) is 1.75. The van der Waals surface area contributed by atoms with E-state index in [0.717, 1.165) is 12.3 Å². The van der Waals surface area contributed by atoms with Crippen molar-refractivity contribution in [2.45, 2.75) is 19.5 Å². The summed E-state index contributed by atoms with van der Waals surface area (Å²) in [5, 5.41) is 0. The van der Waals surface area contributed by atoms with Crippen LogP contribution in [0.3, 0.4) is 0 Å². The number of anilines is 1. The monoisotopic (exact) mass is 248 g/mol. The Hall–Kier alpha value is -1.79. The van der Waals surface area contributed by atoms with E-state index in [1.54, 1.807) is 6.92 Å². The van der Waals surface area contributed by atoms with E-state index >= 15 is 0 Å². The maximum absolute atomic E-state index is 12.5. The third-order valence-electron chi connectivity index (χ3n) is 2.00. The molecule has 0 saturated carbocycles. The van der Waals surface area contributed by atoms with Gasteiger partial charge in [-0.15, -0.1) is 0 Å². The van der Waals surface area contributed by atoms with E-state index in [1.807, 2.05) is 0 Å². The average molecular weight is 248 g/mol. The molecule has 0 aromatic carbocycles. The molecule has 2 N–H and O–H groups in total. The molecule has 1 aromatic heterocycles. The van der Waals surface area contributed by atoms with Gasteiger partial charge in [0.1, 0.15) is 0 Å². The smallest absolute Gasteiger partial charge is 0.418 e. The average Bonchev–Trinajstić information content (AvgIpc) is 2.19. The maximum Gasteiger partial charge on any atom is 0.418 e. The lowest BCUT2D eigenvalue weighted by Gasteiger charge is -2.12. The minimum Gasteiger partial charge on any atom is -0.466 e. The summed E-state index contributed by atoms with van der Waals surface area (Å²) in [6, 6.07) is 0.768. The van der Waals surface area contributed by atoms with Crippen molar-refractivity contribution in [2.75, 3.05) is 12.3 Å². The molecule has 0 spiro atoms. The highest BCUT2D eigenvalue weighted by atomic mass is 19.4. The first-order valence-corrected chi connectivity index (χ1v) is 4.82. The Kier molecular flexibility index (Phi) is 3.93. The van der Waals surface area contributed by atoms with Crippen LogP contribution in [0.1, 0.15) is 18.2 Å². The highest BCUT2D eigenvalue weighted by Crippen LogP contribution is 2.34. The summed E-state index contributed by atoms with van der Waals surface area (Å²) in [5.41, 5.74) is 3.67. The van der Waals surface area contributed by atoms with Crippen molar-refractivity contribution >= 4 is 11.7 Å². The lowest BCUT2D eigenvalue weighted by Crippen LogP contribution is -2.15. The molecule has 1 heterocycles. The van der Waals surface area contributed by atoms with Crippen LogP contribution in [0.25, 0.3) is 0 Å². The van der Waals surface area contributed by atoms with E-state index < -0.39 is 23.4 Å². The van der Waals surface area contributed by atoms with E-state index in [9.17, 15) is 18.0 Å². The second-order valence-corrected chi connectivity index (χ2v) is 3.20. The van der Waals surface area contributed by atoms with Gasteiger partial charge in [0.15, 0.2) is 0 Å². The number of nitrogens with two attached hydrogens (primary N) is 1. The van der Waals surface area contributed by atoms with Gasteiger partial charge in [-0.25, -0.2) is 0 Å². The SMILES string of the molecule is CCOC(=O)Cc1nccc(C(F)(F)F)c1N. The number of halogens is 3. The zero-order valence-electron chi connectivity index (χ0n) is 9.04. The van der Waals surface area contributed by atoms with E-state index in [0.29, 0.717) is 0 Å². The van der Waals surface area contributed by atoms with Gasteiger partial charge in [0.2, 0.25) is 0 Å². The minimum absolute atomic E-state index is 0.127. The van der Waals surface area contributed by atoms with Crippen LogP contribution in [0.2, 0.25) is 0 Å². The first-order valence-electron chi connectivity index (χ1n) is 4.82. The van der Waals surface area contributed by atoms with Gasteiger partial charge in [0.05, 0.1) is 30.0 Å². The number of carbonyl (C=O) groups is 1. The molecule has 17 heavy (non-hydrogen) atoms. The van der Waals surface area contributed by atoms with Gasteiger partial charge >= 0.3 is 12.1 Å². The molecule has 0 aliphatic heterocycles. The molecule has 94 valence electrons. The predicted molar refractivity (Wildman–Crippen MR) is 54.0 cm³/mol. The van der Waals surface area contributed by atoms with Gasteiger partial charge in [-0.05, 0) is 13.0 Å². The number of pyridine rings is 1. The number of nitrogen functional groups attached to an aromatic ring is 1. The minimum atomic E-state index is -4.56. The highest BCUT2D eigenvalue weighted by Gasteiger charge is 2.34. The van der Waals surface area contributed by atoms with Crippen molar-refractivity contribution in [1.82, 2.24) is 4.98 Å². The quantitative estimate of drug-likeness (QED) is 0.828. The zero-order chi connectivity index (χ0) is 13.1. The van der Waals surface area contributed by atoms with Crippen LogP contribution < -0.4 is 5.73 Å². The Morgan fingerprint density at radius 2 is 2.18 bits per heavy atom. The summed E-state index contributed by atoms with van der Waals surface area (Å²) >= 11 is 0. The Morgan fingerprint density at radius 1 is 1.53 bits per heavy atom. The Bertz CT molecular complexity index is 419. The zero-order valence-corrected chi connectivity index (χ0v) is 9.04. The summed E-state index contributed by atoms with van der Waals surface area (Å²) in [5.74, 6) is -0.661. The summed E-state index contributed by atoms with van der Waals surface area (Å²) in [4.78, 5) is 14.8. The molecule has 0 bridgehead atoms. The molecule has 1 aromatic rings. The van der Waals surface area contributed by atoms with Crippen molar-refractivity contribution < 1.29 is 22.7 Å². The number of ether oxygens (including phenoxy) is 1. The maximum atomic E-state index is 12.5. The molecule has 0 fully saturated rings. The summed E-state index contributed by atoms with van der Waals surface area (Å²) < 4.78 is 42.1. The highest BCUT2D eigenvalue weighted by molar-refractivity contribution is 5.74. The van der Waals surface area contributed by atoms with Crippen molar-refractivity contribution in [3.8, 4) is 0 Å². The standard InChI is InChI=1S/C10H11F3N2O2/c1-2-17-8(16)5-7-9(14)6(3-4-15-7)10(11,12)13/h3-4H,2,5,14H2,1H3. The number of hydrogen-bond acceptors (Lipinski definition) is 4. The third-order valence-corrected chi connectivity index (χ3v) is 2.00. The Labute approximate surface area is 95.6 Å². The normalized spacial score (nSPS) is 11.3. The fourth-order valence-electron chi connectivity index (χ4n) is 1.25. The summed E-state index contributed by atoms with van der Waals surface area (Å²) in [6.07, 6.45) is -3.96. The van der Waals surface area contributed by atoms with Crippen molar-refractivity contribution in [3.05, 3.63) is 23.5 Å². The van der Waals surface area contributed by atoms with Crippen molar-refractivity contribution in [2.24, 2.45) is 0 Å². The molecule has 0 radical (unpaired) electrons. The number of nitrogens with zero attached hydrogens (tertiary/aromatic N) is 1. The van der Waals surface area contributed by atoms with Crippen LogP contribution in [0.5, 0.6) is 0 Å². The van der Waals surface area contributed by atoms with Gasteiger partial charge in [0.25, 0.3) is 0 Å². The molecular weight excluding hydrogens is 237 g/mol. The molecular formula is C10H11F3N2O2. The van der Waals surface area contributed by atoms with Gasteiger partial charge in [0, 0.05) is 6.20 Å². The van der Waals surface area contributed by atoms with Crippen molar-refractivity contribution in [1.29, 1.82) is 0 Å². The van der Waals surface area contributed by atoms with Crippen LogP contribution >= 0.6 is 0 Å². The summed E-state index contributed by atoms with van der Waals surface area (Å²) in [7, 11) is 0. The molecule has 0 atom stereocenters. The van der Waals surface area contributed by atoms with E-state index in [4.69, 9.17) is 5.73 Å². The largest absolute Gasteiger partial charge is 0.466 e. The lowest BCUT2D eigenvalue weighted by atomic mass is 10.1. The third kappa shape index (κ3) is 3.33. The van der Waals surface area contributed by atoms with Gasteiger partial charge in [-0.2, -0.15) is 13.2 Å². The van der Waals surface area contributed by atoms with Crippen LogP contribution in [0.4, 0.5) is 18.9 Å². The van der Waals surface area contributed by atoms with Crippen LogP contribution in [-0.4, -0.2) is 17.6 Å². The number of esters is 1. The van der Waals surface area contributed by atoms with Crippen LogP contribution in [0, 0.1) is 0 Å². The predicted octanol–water partition coefficient (Wildman–Crippen LogP) is 1.79. The van der Waals surface area contributed by atoms with Crippen LogP contribution in [0.15, 0.2) is 12.3 Å². The first-order chi connectivity index (χ1) is 7.86. The molecule has 0 unspecified atom stereocenters. The second kappa shape index (κ2) is 5.03. The second-order valence-electron chi connectivity index (χ2n) is 3.20. The molecule has 1 rings (SSSR count).